The maximum absolute atomic E-state index is 11.8. The predicted molar refractivity (Wildman–Crippen MR) is 173 cm³/mol. The summed E-state index contributed by atoms with van der Waals surface area (Å²) < 4.78 is 18.9. The molecule has 7 nitrogen and oxygen atoms in total. The van der Waals surface area contributed by atoms with Crippen molar-refractivity contribution in [2.24, 2.45) is 0 Å². The summed E-state index contributed by atoms with van der Waals surface area (Å²) in [5, 5.41) is 3.17. The minimum Gasteiger partial charge on any atom is -0.473 e. The van der Waals surface area contributed by atoms with E-state index in [1.54, 1.807) is 19.3 Å². The van der Waals surface area contributed by atoms with Gasteiger partial charge in [-0.25, -0.2) is 4.98 Å². The molecular formula is C33H46ClN3O4Si. The number of rotatable bonds is 15. The molecule has 0 bridgehead atoms. The normalized spacial score (nSPS) is 12.7. The zero-order chi connectivity index (χ0) is 30.9. The zero-order valence-electron chi connectivity index (χ0n) is 26.2. The van der Waals surface area contributed by atoms with Crippen LogP contribution in [0.4, 0.5) is 0 Å². The summed E-state index contributed by atoms with van der Waals surface area (Å²) in [6.45, 7) is 17.5. The van der Waals surface area contributed by atoms with Crippen LogP contribution < -0.4 is 10.1 Å². The van der Waals surface area contributed by atoms with Crippen molar-refractivity contribution in [2.75, 3.05) is 20.3 Å². The number of nitrogens with one attached hydrogen (secondary N) is 1. The number of pyridine rings is 2. The van der Waals surface area contributed by atoms with E-state index in [-0.39, 0.29) is 12.0 Å². The lowest BCUT2D eigenvalue weighted by atomic mass is 10.0. The molecule has 0 saturated carbocycles. The number of hydrogen-bond donors (Lipinski definition) is 1. The smallest absolute Gasteiger partial charge is 0.269 e. The van der Waals surface area contributed by atoms with E-state index in [0.29, 0.717) is 53.0 Å². The molecule has 2 heterocycles. The number of hydrogen-bond acceptors (Lipinski definition) is 6. The second-order valence-corrected chi connectivity index (χ2v) is 17.3. The Labute approximate surface area is 257 Å². The van der Waals surface area contributed by atoms with Crippen LogP contribution in [0.5, 0.6) is 5.88 Å². The summed E-state index contributed by atoms with van der Waals surface area (Å²) in [5.41, 5.74) is 5.57. The van der Waals surface area contributed by atoms with Crippen molar-refractivity contribution >= 4 is 25.8 Å². The van der Waals surface area contributed by atoms with Crippen LogP contribution in [0.3, 0.4) is 0 Å². The molecule has 9 heteroatoms. The standard InChI is InChI=1S/C33H46ClN3O4Si/c1-9-39-31(16-17-41-42(22(2)3,23(4)5)24(6)7)27-12-15-32(37-20-27)40-21-25-10-13-29(34)28(18-25)26-11-14-30(36-19-26)33(38)35-8/h10-15,18-20,22-24,31H,9,16-17,21H2,1-8H3,(H,35,38)/t31-/m0/s1. The van der Waals surface area contributed by atoms with Crippen molar-refractivity contribution in [1.29, 1.82) is 0 Å². The van der Waals surface area contributed by atoms with Gasteiger partial charge in [0.05, 0.1) is 6.10 Å². The first-order valence-corrected chi connectivity index (χ1v) is 17.4. The Kier molecular flexibility index (Phi) is 12.5. The predicted octanol–water partition coefficient (Wildman–Crippen LogP) is 8.40. The third kappa shape index (κ3) is 8.19. The van der Waals surface area contributed by atoms with E-state index in [1.165, 1.54) is 0 Å². The van der Waals surface area contributed by atoms with Crippen molar-refractivity contribution in [3.05, 3.63) is 76.7 Å². The Balaban J connectivity index is 1.65. The monoisotopic (exact) mass is 611 g/mol. The first-order valence-electron chi connectivity index (χ1n) is 14.8. The van der Waals surface area contributed by atoms with Gasteiger partial charge < -0.3 is 19.2 Å². The number of aromatic nitrogens is 2. The fourth-order valence-corrected chi connectivity index (χ4v) is 11.6. The van der Waals surface area contributed by atoms with Crippen LogP contribution in [0.1, 0.15) is 82.6 Å². The summed E-state index contributed by atoms with van der Waals surface area (Å²) in [6.07, 6.45) is 4.17. The summed E-state index contributed by atoms with van der Waals surface area (Å²) in [5.74, 6) is 0.297. The van der Waals surface area contributed by atoms with Crippen molar-refractivity contribution in [3.8, 4) is 17.0 Å². The van der Waals surface area contributed by atoms with E-state index in [4.69, 9.17) is 25.5 Å². The van der Waals surface area contributed by atoms with Crippen LogP contribution in [-0.2, 0) is 15.8 Å². The van der Waals surface area contributed by atoms with Crippen molar-refractivity contribution < 1.29 is 18.7 Å². The number of ether oxygens (including phenoxy) is 2. The second kappa shape index (κ2) is 15.6. The highest BCUT2D eigenvalue weighted by molar-refractivity contribution is 6.77. The van der Waals surface area contributed by atoms with Gasteiger partial charge in [-0.15, -0.1) is 0 Å². The second-order valence-electron chi connectivity index (χ2n) is 11.4. The molecule has 1 N–H and O–H groups in total. The molecule has 0 spiro atoms. The summed E-state index contributed by atoms with van der Waals surface area (Å²) in [6, 6.07) is 13.1. The number of benzene rings is 1. The first-order chi connectivity index (χ1) is 20.0. The Bertz CT molecular complexity index is 1260. The average molecular weight is 612 g/mol. The summed E-state index contributed by atoms with van der Waals surface area (Å²) >= 11 is 6.48. The molecule has 1 atom stereocenters. The molecule has 0 radical (unpaired) electrons. The van der Waals surface area contributed by atoms with Gasteiger partial charge in [0, 0.05) is 54.9 Å². The quantitative estimate of drug-likeness (QED) is 0.174. The Morgan fingerprint density at radius 1 is 0.952 bits per heavy atom. The van der Waals surface area contributed by atoms with E-state index in [0.717, 1.165) is 28.7 Å². The molecule has 0 fully saturated rings. The number of nitrogens with zero attached hydrogens (tertiary/aromatic N) is 2. The lowest BCUT2D eigenvalue weighted by molar-refractivity contribution is 0.0436. The van der Waals surface area contributed by atoms with Crippen LogP contribution in [0.15, 0.2) is 54.9 Å². The average Bonchev–Trinajstić information content (AvgIpc) is 2.97. The van der Waals surface area contributed by atoms with Crippen LogP contribution in [0.25, 0.3) is 11.1 Å². The lowest BCUT2D eigenvalue weighted by Gasteiger charge is -2.42. The van der Waals surface area contributed by atoms with Gasteiger partial charge in [-0.05, 0) is 65.4 Å². The van der Waals surface area contributed by atoms with Gasteiger partial charge in [0.15, 0.2) is 8.32 Å². The molecule has 0 aliphatic carbocycles. The highest BCUT2D eigenvalue weighted by Crippen LogP contribution is 2.42. The van der Waals surface area contributed by atoms with Crippen molar-refractivity contribution in [2.45, 2.75) is 84.2 Å². The van der Waals surface area contributed by atoms with E-state index in [1.807, 2.05) is 49.5 Å². The number of carbonyl (C=O) groups excluding carboxylic acids is 1. The fourth-order valence-electron chi connectivity index (χ4n) is 5.91. The molecule has 42 heavy (non-hydrogen) atoms. The summed E-state index contributed by atoms with van der Waals surface area (Å²) in [7, 11) is -0.352. The highest BCUT2D eigenvalue weighted by atomic mass is 35.5. The molecule has 2 aromatic heterocycles. The van der Waals surface area contributed by atoms with Gasteiger partial charge >= 0.3 is 0 Å². The lowest BCUT2D eigenvalue weighted by Crippen LogP contribution is -2.48. The van der Waals surface area contributed by atoms with Crippen LogP contribution in [0, 0.1) is 0 Å². The Hall–Kier alpha value is -2.78. The molecule has 0 unspecified atom stereocenters. The molecule has 228 valence electrons. The van der Waals surface area contributed by atoms with Gasteiger partial charge in [0.1, 0.15) is 12.3 Å². The molecular weight excluding hydrogens is 566 g/mol. The van der Waals surface area contributed by atoms with Crippen LogP contribution >= 0.6 is 11.6 Å². The van der Waals surface area contributed by atoms with Crippen LogP contribution in [0.2, 0.25) is 21.6 Å². The Morgan fingerprint density at radius 3 is 2.21 bits per heavy atom. The van der Waals surface area contributed by atoms with E-state index in [2.05, 4.69) is 56.8 Å². The van der Waals surface area contributed by atoms with Crippen LogP contribution in [-0.4, -0.2) is 44.5 Å². The van der Waals surface area contributed by atoms with Crippen molar-refractivity contribution in [3.63, 3.8) is 0 Å². The number of halogens is 1. The maximum Gasteiger partial charge on any atom is 0.269 e. The summed E-state index contributed by atoms with van der Waals surface area (Å²) in [4.78, 5) is 20.6. The number of carbonyl (C=O) groups is 1. The van der Waals surface area contributed by atoms with Crippen molar-refractivity contribution in [1.82, 2.24) is 15.3 Å². The fraction of sp³-hybridized carbons (Fsp3) is 0.485. The minimum atomic E-state index is -1.93. The van der Waals surface area contributed by atoms with Gasteiger partial charge in [-0.2, -0.15) is 0 Å². The number of amides is 1. The Morgan fingerprint density at radius 2 is 1.67 bits per heavy atom. The largest absolute Gasteiger partial charge is 0.473 e. The van der Waals surface area contributed by atoms with Gasteiger partial charge in [0.25, 0.3) is 5.91 Å². The molecule has 1 amide bonds. The van der Waals surface area contributed by atoms with Gasteiger partial charge in [0.2, 0.25) is 5.88 Å². The highest BCUT2D eigenvalue weighted by Gasteiger charge is 2.45. The minimum absolute atomic E-state index is 0.0861. The molecule has 0 aliphatic rings. The third-order valence-electron chi connectivity index (χ3n) is 7.89. The molecule has 3 aromatic rings. The molecule has 3 rings (SSSR count). The third-order valence-corrected chi connectivity index (χ3v) is 14.3. The van der Waals surface area contributed by atoms with Gasteiger partial charge in [-0.3, -0.25) is 9.78 Å². The first kappa shape index (κ1) is 33.7. The molecule has 0 saturated heterocycles. The maximum atomic E-state index is 11.8. The van der Waals surface area contributed by atoms with E-state index >= 15 is 0 Å². The zero-order valence-corrected chi connectivity index (χ0v) is 28.0. The SMILES string of the molecule is CCO[C@@H](CCO[Si](C(C)C)(C(C)C)C(C)C)c1ccc(OCc2ccc(Cl)c(-c3ccc(C(=O)NC)nc3)c2)nc1. The van der Waals surface area contributed by atoms with E-state index in [9.17, 15) is 4.79 Å². The molecule has 1 aromatic carbocycles. The van der Waals surface area contributed by atoms with Gasteiger partial charge in [-0.1, -0.05) is 65.3 Å². The van der Waals surface area contributed by atoms with E-state index < -0.39 is 8.32 Å². The topological polar surface area (TPSA) is 82.6 Å². The molecule has 0 aliphatic heterocycles.